The molecule has 2 atom stereocenters. The van der Waals surface area contributed by atoms with Gasteiger partial charge in [-0.1, -0.05) is 12.1 Å². The summed E-state index contributed by atoms with van der Waals surface area (Å²) in [6.07, 6.45) is 4.67. The van der Waals surface area contributed by atoms with Crippen LogP contribution < -0.4 is 20.7 Å². The van der Waals surface area contributed by atoms with Gasteiger partial charge in [0.15, 0.2) is 17.6 Å². The van der Waals surface area contributed by atoms with Gasteiger partial charge in [0, 0.05) is 18.0 Å². The Morgan fingerprint density at radius 3 is 2.68 bits per heavy atom. The van der Waals surface area contributed by atoms with Crippen LogP contribution in [0.3, 0.4) is 0 Å². The van der Waals surface area contributed by atoms with Gasteiger partial charge in [-0.2, -0.15) is 0 Å². The normalized spacial score (nSPS) is 18.9. The number of hydrazine groups is 1. The fourth-order valence-electron chi connectivity index (χ4n) is 2.09. The smallest absolute Gasteiger partial charge is 0.161 e. The molecule has 2 aromatic rings. The van der Waals surface area contributed by atoms with Crippen molar-refractivity contribution in [3.63, 3.8) is 0 Å². The highest BCUT2D eigenvalue weighted by molar-refractivity contribution is 5.41. The van der Waals surface area contributed by atoms with Gasteiger partial charge in [-0.15, -0.1) is 0 Å². The number of aromatic nitrogens is 2. The summed E-state index contributed by atoms with van der Waals surface area (Å²) in [6.45, 7) is 0.417. The number of benzene rings is 1. The summed E-state index contributed by atoms with van der Waals surface area (Å²) >= 11 is 0. The lowest BCUT2D eigenvalue weighted by Crippen LogP contribution is -2.44. The number of hydrogen-bond donors (Lipinski definition) is 2. The molecule has 1 aromatic heterocycles. The summed E-state index contributed by atoms with van der Waals surface area (Å²) in [5.74, 6) is 7.08. The van der Waals surface area contributed by atoms with Crippen LogP contribution in [0.1, 0.15) is 11.6 Å². The zero-order valence-corrected chi connectivity index (χ0v) is 10.2. The van der Waals surface area contributed by atoms with Gasteiger partial charge in [-0.25, -0.2) is 15.4 Å². The van der Waals surface area contributed by atoms with Crippen LogP contribution in [0.25, 0.3) is 0 Å². The van der Waals surface area contributed by atoms with Crippen molar-refractivity contribution in [1.82, 2.24) is 15.4 Å². The van der Waals surface area contributed by atoms with Crippen molar-refractivity contribution >= 4 is 0 Å². The Bertz CT molecular complexity index is 549. The molecule has 1 aliphatic heterocycles. The van der Waals surface area contributed by atoms with E-state index in [4.69, 9.17) is 15.3 Å². The van der Waals surface area contributed by atoms with Crippen molar-refractivity contribution < 1.29 is 9.47 Å². The largest absolute Gasteiger partial charge is 0.486 e. The molecule has 0 bridgehead atoms. The number of ether oxygens (including phenoxy) is 2. The third kappa shape index (κ3) is 2.35. The summed E-state index contributed by atoms with van der Waals surface area (Å²) < 4.78 is 11.6. The summed E-state index contributed by atoms with van der Waals surface area (Å²) in [7, 11) is 0. The van der Waals surface area contributed by atoms with E-state index in [1.165, 1.54) is 6.33 Å². The van der Waals surface area contributed by atoms with E-state index < -0.39 is 0 Å². The molecule has 0 spiro atoms. The lowest BCUT2D eigenvalue weighted by atomic mass is 10.1. The van der Waals surface area contributed by atoms with Gasteiger partial charge < -0.3 is 9.47 Å². The third-order valence-electron chi connectivity index (χ3n) is 3.02. The number of para-hydroxylation sites is 2. The fourth-order valence-corrected chi connectivity index (χ4v) is 2.09. The molecule has 2 heterocycles. The molecule has 6 nitrogen and oxygen atoms in total. The van der Waals surface area contributed by atoms with Gasteiger partial charge in [0.25, 0.3) is 0 Å². The van der Waals surface area contributed by atoms with E-state index in [0.29, 0.717) is 6.61 Å². The van der Waals surface area contributed by atoms with Gasteiger partial charge in [0.2, 0.25) is 0 Å². The van der Waals surface area contributed by atoms with Crippen LogP contribution in [0.2, 0.25) is 0 Å². The van der Waals surface area contributed by atoms with Crippen molar-refractivity contribution in [3.05, 3.63) is 48.5 Å². The third-order valence-corrected chi connectivity index (χ3v) is 3.02. The molecule has 19 heavy (non-hydrogen) atoms. The number of hydrogen-bond acceptors (Lipinski definition) is 6. The Labute approximate surface area is 110 Å². The summed E-state index contributed by atoms with van der Waals surface area (Å²) in [4.78, 5) is 7.98. The quantitative estimate of drug-likeness (QED) is 0.626. The maximum atomic E-state index is 5.92. The molecule has 0 saturated carbocycles. The molecular weight excluding hydrogens is 244 g/mol. The van der Waals surface area contributed by atoms with E-state index in [2.05, 4.69) is 15.4 Å². The Hall–Kier alpha value is -2.18. The van der Waals surface area contributed by atoms with Crippen molar-refractivity contribution in [2.45, 2.75) is 12.1 Å². The second-order valence-electron chi connectivity index (χ2n) is 4.23. The molecule has 1 aromatic carbocycles. The van der Waals surface area contributed by atoms with Gasteiger partial charge in [0.05, 0.1) is 6.04 Å². The highest BCUT2D eigenvalue weighted by Crippen LogP contribution is 2.33. The topological polar surface area (TPSA) is 82.3 Å². The molecular formula is C13H14N4O2. The van der Waals surface area contributed by atoms with Gasteiger partial charge in [-0.3, -0.25) is 5.84 Å². The second kappa shape index (κ2) is 5.21. The van der Waals surface area contributed by atoms with Crippen LogP contribution in [-0.4, -0.2) is 22.7 Å². The van der Waals surface area contributed by atoms with E-state index in [1.54, 1.807) is 12.4 Å². The molecule has 1 aliphatic rings. The Kier molecular flexibility index (Phi) is 3.26. The number of nitrogens with zero attached hydrogens (tertiary/aromatic N) is 2. The maximum absolute atomic E-state index is 5.92. The highest BCUT2D eigenvalue weighted by atomic mass is 16.6. The minimum Gasteiger partial charge on any atom is -0.486 e. The first-order valence-electron chi connectivity index (χ1n) is 5.98. The molecule has 3 N–H and O–H groups in total. The van der Waals surface area contributed by atoms with Crippen LogP contribution >= 0.6 is 0 Å². The van der Waals surface area contributed by atoms with Crippen LogP contribution in [0, 0.1) is 0 Å². The number of rotatable bonds is 3. The molecule has 0 amide bonds. The summed E-state index contributed by atoms with van der Waals surface area (Å²) in [6, 6.07) is 7.33. The Morgan fingerprint density at radius 1 is 1.21 bits per heavy atom. The predicted octanol–water partition coefficient (Wildman–Crippen LogP) is 0.821. The lowest BCUT2D eigenvalue weighted by molar-refractivity contribution is 0.0615. The van der Waals surface area contributed by atoms with E-state index >= 15 is 0 Å². The standard InChI is InChI=1S/C13H14N4O2/c14-17-13(9-5-15-8-16-6-9)12-7-18-10-3-1-2-4-11(10)19-12/h1-6,8,12-13,17H,7,14H2. The number of nitrogens with two attached hydrogens (primary N) is 1. The van der Waals surface area contributed by atoms with Gasteiger partial charge >= 0.3 is 0 Å². The maximum Gasteiger partial charge on any atom is 0.161 e. The van der Waals surface area contributed by atoms with Crippen molar-refractivity contribution in [1.29, 1.82) is 0 Å². The van der Waals surface area contributed by atoms with E-state index in [1.807, 2.05) is 24.3 Å². The molecule has 0 saturated heterocycles. The van der Waals surface area contributed by atoms with E-state index in [-0.39, 0.29) is 12.1 Å². The SMILES string of the molecule is NNC(c1cncnc1)C1COc2ccccc2O1. The highest BCUT2D eigenvalue weighted by Gasteiger charge is 2.29. The lowest BCUT2D eigenvalue weighted by Gasteiger charge is -2.31. The van der Waals surface area contributed by atoms with E-state index in [9.17, 15) is 0 Å². The Balaban J connectivity index is 1.83. The van der Waals surface area contributed by atoms with Crippen LogP contribution in [0.4, 0.5) is 0 Å². The second-order valence-corrected chi connectivity index (χ2v) is 4.23. The predicted molar refractivity (Wildman–Crippen MR) is 68.4 cm³/mol. The molecule has 0 radical (unpaired) electrons. The van der Waals surface area contributed by atoms with Gasteiger partial charge in [0.1, 0.15) is 12.9 Å². The minimum atomic E-state index is -0.231. The van der Waals surface area contributed by atoms with Crippen LogP contribution in [0.15, 0.2) is 43.0 Å². The average molecular weight is 258 g/mol. The molecule has 0 fully saturated rings. The summed E-state index contributed by atoms with van der Waals surface area (Å²) in [5, 5.41) is 0. The minimum absolute atomic E-state index is 0.227. The van der Waals surface area contributed by atoms with Crippen molar-refractivity contribution in [3.8, 4) is 11.5 Å². The zero-order valence-electron chi connectivity index (χ0n) is 10.2. The van der Waals surface area contributed by atoms with Crippen molar-refractivity contribution in [2.75, 3.05) is 6.61 Å². The molecule has 3 rings (SSSR count). The fraction of sp³-hybridized carbons (Fsp3) is 0.231. The van der Waals surface area contributed by atoms with E-state index in [0.717, 1.165) is 17.1 Å². The molecule has 0 aliphatic carbocycles. The van der Waals surface area contributed by atoms with Gasteiger partial charge in [-0.05, 0) is 12.1 Å². The average Bonchev–Trinajstić information content (AvgIpc) is 2.49. The monoisotopic (exact) mass is 258 g/mol. The first-order valence-corrected chi connectivity index (χ1v) is 5.98. The molecule has 98 valence electrons. The van der Waals surface area contributed by atoms with Crippen LogP contribution in [-0.2, 0) is 0 Å². The Morgan fingerprint density at radius 2 is 1.95 bits per heavy atom. The van der Waals surface area contributed by atoms with Crippen LogP contribution in [0.5, 0.6) is 11.5 Å². The zero-order chi connectivity index (χ0) is 13.1. The summed E-state index contributed by atoms with van der Waals surface area (Å²) in [5.41, 5.74) is 3.59. The first kappa shape index (κ1) is 11.9. The first-order chi connectivity index (χ1) is 9.38. The van der Waals surface area contributed by atoms with Crippen molar-refractivity contribution in [2.24, 2.45) is 5.84 Å². The number of fused-ring (bicyclic) bond motifs is 1. The number of nitrogens with one attached hydrogen (secondary N) is 1. The molecule has 6 heteroatoms. The molecule has 2 unspecified atom stereocenters.